The molecular weight excluding hydrogens is 277 g/mol. The third-order valence-corrected chi connectivity index (χ3v) is 3.70. The van der Waals surface area contributed by atoms with Crippen LogP contribution < -0.4 is 11.3 Å². The van der Waals surface area contributed by atoms with Crippen molar-refractivity contribution in [2.45, 2.75) is 26.1 Å². The van der Waals surface area contributed by atoms with Crippen molar-refractivity contribution in [1.29, 1.82) is 0 Å². The lowest BCUT2D eigenvalue weighted by atomic mass is 9.90. The maximum atomic E-state index is 13.2. The highest BCUT2D eigenvalue weighted by molar-refractivity contribution is 5.43. The van der Waals surface area contributed by atoms with Crippen molar-refractivity contribution in [3.63, 3.8) is 0 Å². The summed E-state index contributed by atoms with van der Waals surface area (Å²) in [5.41, 5.74) is 4.65. The van der Waals surface area contributed by atoms with E-state index >= 15 is 0 Å². The number of alkyl halides is 3. The van der Waals surface area contributed by atoms with E-state index in [1.807, 2.05) is 26.0 Å². The van der Waals surface area contributed by atoms with Gasteiger partial charge in [0.05, 0.1) is 11.6 Å². The molecule has 112 valence electrons. The molecule has 0 saturated carbocycles. The minimum atomic E-state index is -4.41. The molecule has 2 aromatic rings. The molecule has 0 spiro atoms. The monoisotopic (exact) mass is 294 g/mol. The molecule has 0 aliphatic carbocycles. The molecule has 1 atom stereocenters. The number of benzene rings is 2. The zero-order chi connectivity index (χ0) is 15.6. The normalized spacial score (nSPS) is 13.2. The molecule has 0 heterocycles. The molecule has 0 bridgehead atoms. The highest BCUT2D eigenvalue weighted by Gasteiger charge is 2.35. The van der Waals surface area contributed by atoms with Crippen molar-refractivity contribution < 1.29 is 13.2 Å². The Balaban J connectivity index is 2.60. The molecule has 2 aromatic carbocycles. The maximum absolute atomic E-state index is 13.2. The molecule has 5 heteroatoms. The van der Waals surface area contributed by atoms with E-state index in [4.69, 9.17) is 5.84 Å². The number of nitrogens with one attached hydrogen (secondary N) is 1. The highest BCUT2D eigenvalue weighted by atomic mass is 19.4. The van der Waals surface area contributed by atoms with Crippen LogP contribution in [0.2, 0.25) is 0 Å². The number of hydrogen-bond donors (Lipinski definition) is 2. The van der Waals surface area contributed by atoms with Gasteiger partial charge in [0.15, 0.2) is 0 Å². The number of nitrogens with two attached hydrogens (primary N) is 1. The number of rotatable bonds is 3. The van der Waals surface area contributed by atoms with Crippen LogP contribution in [-0.2, 0) is 6.18 Å². The number of aryl methyl sites for hydroxylation is 1. The smallest absolute Gasteiger partial charge is 0.271 e. The minimum absolute atomic E-state index is 0.126. The Morgan fingerprint density at radius 2 is 1.57 bits per heavy atom. The van der Waals surface area contributed by atoms with Crippen LogP contribution in [0.15, 0.2) is 42.5 Å². The fourth-order valence-electron chi connectivity index (χ4n) is 2.44. The summed E-state index contributed by atoms with van der Waals surface area (Å²) in [6.07, 6.45) is -4.41. The molecule has 21 heavy (non-hydrogen) atoms. The quantitative estimate of drug-likeness (QED) is 0.666. The van der Waals surface area contributed by atoms with Crippen LogP contribution in [0, 0.1) is 13.8 Å². The zero-order valence-electron chi connectivity index (χ0n) is 11.8. The van der Waals surface area contributed by atoms with Gasteiger partial charge >= 0.3 is 6.18 Å². The Bertz CT molecular complexity index is 636. The minimum Gasteiger partial charge on any atom is -0.271 e. The number of hydrazine groups is 1. The molecule has 0 amide bonds. The Hall–Kier alpha value is -1.85. The second-order valence-electron chi connectivity index (χ2n) is 4.97. The fraction of sp³-hybridized carbons (Fsp3) is 0.250. The molecule has 1 unspecified atom stereocenters. The summed E-state index contributed by atoms with van der Waals surface area (Å²) in [4.78, 5) is 0. The molecule has 0 aliphatic rings. The SMILES string of the molecule is Cc1cccc(C(NN)c2ccccc2C(F)(F)F)c1C. The van der Waals surface area contributed by atoms with Gasteiger partial charge in [-0.1, -0.05) is 36.4 Å². The van der Waals surface area contributed by atoms with Gasteiger partial charge in [-0.2, -0.15) is 13.2 Å². The zero-order valence-corrected chi connectivity index (χ0v) is 11.8. The largest absolute Gasteiger partial charge is 0.416 e. The van der Waals surface area contributed by atoms with E-state index in [0.717, 1.165) is 22.8 Å². The van der Waals surface area contributed by atoms with Crippen LogP contribution in [-0.4, -0.2) is 0 Å². The Kier molecular flexibility index (Phi) is 4.34. The first-order valence-corrected chi connectivity index (χ1v) is 6.54. The summed E-state index contributed by atoms with van der Waals surface area (Å²) >= 11 is 0. The third kappa shape index (κ3) is 3.09. The molecule has 3 N–H and O–H groups in total. The Morgan fingerprint density at radius 3 is 2.19 bits per heavy atom. The van der Waals surface area contributed by atoms with Gasteiger partial charge in [0.2, 0.25) is 0 Å². The van der Waals surface area contributed by atoms with Crippen LogP contribution in [0.4, 0.5) is 13.2 Å². The van der Waals surface area contributed by atoms with E-state index in [0.29, 0.717) is 0 Å². The van der Waals surface area contributed by atoms with Crippen molar-refractivity contribution in [2.75, 3.05) is 0 Å². The summed E-state index contributed by atoms with van der Waals surface area (Å²) in [6.45, 7) is 3.80. The average molecular weight is 294 g/mol. The van der Waals surface area contributed by atoms with Crippen molar-refractivity contribution in [1.82, 2.24) is 5.43 Å². The van der Waals surface area contributed by atoms with E-state index in [9.17, 15) is 13.2 Å². The molecule has 0 aromatic heterocycles. The Labute approximate surface area is 121 Å². The first kappa shape index (κ1) is 15.5. The van der Waals surface area contributed by atoms with Gasteiger partial charge in [-0.25, -0.2) is 5.43 Å². The summed E-state index contributed by atoms with van der Waals surface area (Å²) in [5.74, 6) is 5.55. The van der Waals surface area contributed by atoms with Gasteiger partial charge in [0.1, 0.15) is 0 Å². The summed E-state index contributed by atoms with van der Waals surface area (Å²) in [7, 11) is 0. The van der Waals surface area contributed by atoms with Crippen molar-refractivity contribution >= 4 is 0 Å². The van der Waals surface area contributed by atoms with Crippen molar-refractivity contribution in [3.8, 4) is 0 Å². The number of hydrogen-bond acceptors (Lipinski definition) is 2. The van der Waals surface area contributed by atoms with E-state index in [1.165, 1.54) is 12.1 Å². The second kappa shape index (κ2) is 5.87. The van der Waals surface area contributed by atoms with Gasteiger partial charge in [-0.3, -0.25) is 5.84 Å². The lowest BCUT2D eigenvalue weighted by Gasteiger charge is -2.23. The first-order valence-electron chi connectivity index (χ1n) is 6.54. The van der Waals surface area contributed by atoms with Gasteiger partial charge < -0.3 is 0 Å². The van der Waals surface area contributed by atoms with E-state index in [1.54, 1.807) is 12.1 Å². The first-order chi connectivity index (χ1) is 9.86. The molecule has 2 nitrogen and oxygen atoms in total. The Morgan fingerprint density at radius 1 is 0.952 bits per heavy atom. The standard InChI is InChI=1S/C16H17F3N2/c1-10-6-5-8-12(11(10)2)15(21-20)13-7-3-4-9-14(13)16(17,18)19/h3-9,15,21H,20H2,1-2H3. The summed E-state index contributed by atoms with van der Waals surface area (Å²) < 4.78 is 39.5. The van der Waals surface area contributed by atoms with Crippen LogP contribution >= 0.6 is 0 Å². The molecule has 0 fully saturated rings. The predicted octanol–water partition coefficient (Wildman–Crippen LogP) is 3.87. The van der Waals surface area contributed by atoms with Crippen molar-refractivity contribution in [3.05, 3.63) is 70.3 Å². The maximum Gasteiger partial charge on any atom is 0.416 e. The molecular formula is C16H17F3N2. The number of halogens is 3. The van der Waals surface area contributed by atoms with Crippen LogP contribution in [0.25, 0.3) is 0 Å². The predicted molar refractivity (Wildman–Crippen MR) is 76.5 cm³/mol. The van der Waals surface area contributed by atoms with Crippen LogP contribution in [0.3, 0.4) is 0 Å². The van der Waals surface area contributed by atoms with Gasteiger partial charge in [-0.05, 0) is 42.2 Å². The average Bonchev–Trinajstić information content (AvgIpc) is 2.44. The molecule has 2 rings (SSSR count). The summed E-state index contributed by atoms with van der Waals surface area (Å²) in [6, 6.07) is 10.3. The van der Waals surface area contributed by atoms with Gasteiger partial charge in [0.25, 0.3) is 0 Å². The van der Waals surface area contributed by atoms with E-state index < -0.39 is 17.8 Å². The summed E-state index contributed by atoms with van der Waals surface area (Å²) in [5, 5.41) is 0. The lowest BCUT2D eigenvalue weighted by Crippen LogP contribution is -2.31. The molecule has 0 saturated heterocycles. The fourth-order valence-corrected chi connectivity index (χ4v) is 2.44. The van der Waals surface area contributed by atoms with Crippen molar-refractivity contribution in [2.24, 2.45) is 5.84 Å². The van der Waals surface area contributed by atoms with Gasteiger partial charge in [-0.15, -0.1) is 0 Å². The lowest BCUT2D eigenvalue weighted by molar-refractivity contribution is -0.138. The topological polar surface area (TPSA) is 38.0 Å². The molecule has 0 aliphatic heterocycles. The molecule has 0 radical (unpaired) electrons. The van der Waals surface area contributed by atoms with E-state index in [-0.39, 0.29) is 5.56 Å². The van der Waals surface area contributed by atoms with Gasteiger partial charge in [0, 0.05) is 0 Å². The third-order valence-electron chi connectivity index (χ3n) is 3.70. The van der Waals surface area contributed by atoms with E-state index in [2.05, 4.69) is 5.43 Å². The highest BCUT2D eigenvalue weighted by Crippen LogP contribution is 2.37. The second-order valence-corrected chi connectivity index (χ2v) is 4.97. The van der Waals surface area contributed by atoms with Crippen LogP contribution in [0.5, 0.6) is 0 Å². The van der Waals surface area contributed by atoms with Crippen LogP contribution in [0.1, 0.15) is 33.9 Å².